The van der Waals surface area contributed by atoms with Crippen LogP contribution in [0.15, 0.2) is 71.6 Å². The smallest absolute Gasteiger partial charge is 0.264 e. The van der Waals surface area contributed by atoms with Gasteiger partial charge in [0.15, 0.2) is 0 Å². The van der Waals surface area contributed by atoms with Crippen LogP contribution in [0.5, 0.6) is 5.75 Å². The van der Waals surface area contributed by atoms with Crippen molar-refractivity contribution < 1.29 is 17.9 Å². The molecule has 3 aromatic rings. The summed E-state index contributed by atoms with van der Waals surface area (Å²) in [6.45, 7) is 5.64. The number of aryl methyl sites for hydroxylation is 3. The minimum absolute atomic E-state index is 0.144. The van der Waals surface area contributed by atoms with Crippen molar-refractivity contribution >= 4 is 21.6 Å². The van der Waals surface area contributed by atoms with E-state index in [1.165, 1.54) is 4.31 Å². The maximum absolute atomic E-state index is 13.5. The Morgan fingerprint density at radius 2 is 1.53 bits per heavy atom. The standard InChI is InChI=1S/C25H28N2O4S/c1-18-5-12-23(13-6-18)32(29,30)27(24-14-7-19(2)15-20(24)3)17-25(28)26-16-21-8-10-22(31-4)11-9-21/h5-15H,16-17H2,1-4H3,(H,26,28). The van der Waals surface area contributed by atoms with Crippen molar-refractivity contribution in [2.75, 3.05) is 18.0 Å². The summed E-state index contributed by atoms with van der Waals surface area (Å²) >= 11 is 0. The largest absolute Gasteiger partial charge is 0.497 e. The van der Waals surface area contributed by atoms with Crippen LogP contribution in [-0.4, -0.2) is 28.0 Å². The maximum Gasteiger partial charge on any atom is 0.264 e. The number of sulfonamides is 1. The third-order valence-corrected chi connectivity index (χ3v) is 6.94. The highest BCUT2D eigenvalue weighted by Gasteiger charge is 2.28. The summed E-state index contributed by atoms with van der Waals surface area (Å²) in [6.07, 6.45) is 0. The molecule has 0 fully saturated rings. The highest BCUT2D eigenvalue weighted by molar-refractivity contribution is 7.92. The fraction of sp³-hybridized carbons (Fsp3) is 0.240. The molecule has 0 saturated heterocycles. The summed E-state index contributed by atoms with van der Waals surface area (Å²) in [5.41, 5.74) is 4.13. The number of hydrogen-bond donors (Lipinski definition) is 1. The Kier molecular flexibility index (Phi) is 7.20. The number of anilines is 1. The van der Waals surface area contributed by atoms with Crippen LogP contribution < -0.4 is 14.4 Å². The van der Waals surface area contributed by atoms with Crippen LogP contribution >= 0.6 is 0 Å². The lowest BCUT2D eigenvalue weighted by atomic mass is 10.1. The van der Waals surface area contributed by atoms with Gasteiger partial charge in [-0.3, -0.25) is 9.10 Å². The molecule has 0 aromatic heterocycles. The Balaban J connectivity index is 1.86. The zero-order valence-electron chi connectivity index (χ0n) is 18.8. The minimum atomic E-state index is -3.94. The van der Waals surface area contributed by atoms with Crippen LogP contribution in [0.1, 0.15) is 22.3 Å². The van der Waals surface area contributed by atoms with Gasteiger partial charge >= 0.3 is 0 Å². The summed E-state index contributed by atoms with van der Waals surface area (Å²) in [5, 5.41) is 2.81. The van der Waals surface area contributed by atoms with Crippen LogP contribution in [0.3, 0.4) is 0 Å². The van der Waals surface area contributed by atoms with E-state index in [1.807, 2.05) is 57.2 Å². The van der Waals surface area contributed by atoms with Crippen molar-refractivity contribution in [2.45, 2.75) is 32.2 Å². The first-order valence-corrected chi connectivity index (χ1v) is 11.7. The third kappa shape index (κ3) is 5.48. The molecule has 0 unspecified atom stereocenters. The van der Waals surface area contributed by atoms with E-state index in [1.54, 1.807) is 37.4 Å². The molecule has 0 atom stereocenters. The van der Waals surface area contributed by atoms with E-state index < -0.39 is 15.9 Å². The van der Waals surface area contributed by atoms with E-state index in [9.17, 15) is 13.2 Å². The van der Waals surface area contributed by atoms with Crippen LogP contribution in [0.4, 0.5) is 5.69 Å². The second-order valence-corrected chi connectivity index (χ2v) is 9.60. The molecule has 0 heterocycles. The van der Waals surface area contributed by atoms with Gasteiger partial charge in [0.25, 0.3) is 10.0 Å². The second kappa shape index (κ2) is 9.87. The van der Waals surface area contributed by atoms with E-state index in [2.05, 4.69) is 5.32 Å². The van der Waals surface area contributed by atoms with Gasteiger partial charge in [-0.2, -0.15) is 0 Å². The quantitative estimate of drug-likeness (QED) is 0.558. The molecule has 0 aliphatic rings. The first-order valence-electron chi connectivity index (χ1n) is 10.3. The molecular weight excluding hydrogens is 424 g/mol. The number of rotatable bonds is 8. The Labute approximate surface area is 189 Å². The van der Waals surface area contributed by atoms with Gasteiger partial charge < -0.3 is 10.1 Å². The Morgan fingerprint density at radius 3 is 2.12 bits per heavy atom. The highest BCUT2D eigenvalue weighted by atomic mass is 32.2. The van der Waals surface area contributed by atoms with E-state index >= 15 is 0 Å². The molecule has 1 N–H and O–H groups in total. The SMILES string of the molecule is COc1ccc(CNC(=O)CN(c2ccc(C)cc2C)S(=O)(=O)c2ccc(C)cc2)cc1. The average Bonchev–Trinajstić information content (AvgIpc) is 2.77. The van der Waals surface area contributed by atoms with E-state index in [0.717, 1.165) is 28.0 Å². The normalized spacial score (nSPS) is 11.1. The average molecular weight is 453 g/mol. The summed E-state index contributed by atoms with van der Waals surface area (Å²) in [7, 11) is -2.35. The second-order valence-electron chi connectivity index (χ2n) is 7.74. The number of carbonyl (C=O) groups excluding carboxylic acids is 1. The van der Waals surface area contributed by atoms with Crippen molar-refractivity contribution in [3.63, 3.8) is 0 Å². The molecule has 7 heteroatoms. The first-order chi connectivity index (χ1) is 15.2. The molecule has 3 rings (SSSR count). The van der Waals surface area contributed by atoms with E-state index in [4.69, 9.17) is 4.74 Å². The molecule has 3 aromatic carbocycles. The van der Waals surface area contributed by atoms with E-state index in [0.29, 0.717) is 5.69 Å². The lowest BCUT2D eigenvalue weighted by molar-refractivity contribution is -0.119. The maximum atomic E-state index is 13.5. The number of nitrogens with one attached hydrogen (secondary N) is 1. The van der Waals surface area contributed by atoms with Gasteiger partial charge in [-0.15, -0.1) is 0 Å². The van der Waals surface area contributed by atoms with Crippen LogP contribution in [0.2, 0.25) is 0 Å². The van der Waals surface area contributed by atoms with Gasteiger partial charge in [-0.25, -0.2) is 8.42 Å². The van der Waals surface area contributed by atoms with Crippen LogP contribution in [0, 0.1) is 20.8 Å². The predicted molar refractivity (Wildman–Crippen MR) is 126 cm³/mol. The number of ether oxygens (including phenoxy) is 1. The third-order valence-electron chi connectivity index (χ3n) is 5.17. The number of amides is 1. The molecule has 0 aliphatic heterocycles. The predicted octanol–water partition coefficient (Wildman–Crippen LogP) is 4.13. The lowest BCUT2D eigenvalue weighted by Crippen LogP contribution is -2.41. The van der Waals surface area contributed by atoms with Crippen molar-refractivity contribution in [1.29, 1.82) is 0 Å². The topological polar surface area (TPSA) is 75.7 Å². The van der Waals surface area contributed by atoms with Gasteiger partial charge in [0, 0.05) is 6.54 Å². The Hall–Kier alpha value is -3.32. The van der Waals surface area contributed by atoms with Gasteiger partial charge in [0.05, 0.1) is 17.7 Å². The van der Waals surface area contributed by atoms with Crippen molar-refractivity contribution in [1.82, 2.24) is 5.32 Å². The summed E-state index contributed by atoms with van der Waals surface area (Å²) in [4.78, 5) is 12.9. The molecule has 1 amide bonds. The molecule has 32 heavy (non-hydrogen) atoms. The first kappa shape index (κ1) is 23.3. The van der Waals surface area contributed by atoms with Gasteiger partial charge in [-0.05, 0) is 62.2 Å². The fourth-order valence-electron chi connectivity index (χ4n) is 3.35. The van der Waals surface area contributed by atoms with E-state index in [-0.39, 0.29) is 18.0 Å². The number of nitrogens with zero attached hydrogens (tertiary/aromatic N) is 1. The van der Waals surface area contributed by atoms with Crippen molar-refractivity contribution in [2.24, 2.45) is 0 Å². The van der Waals surface area contributed by atoms with Crippen LogP contribution in [-0.2, 0) is 21.4 Å². The van der Waals surface area contributed by atoms with Gasteiger partial charge in [-0.1, -0.05) is 47.5 Å². The minimum Gasteiger partial charge on any atom is -0.497 e. The zero-order valence-corrected chi connectivity index (χ0v) is 19.6. The molecule has 0 radical (unpaired) electrons. The Bertz CT molecular complexity index is 1190. The summed E-state index contributed by atoms with van der Waals surface area (Å²) in [5.74, 6) is 0.335. The molecule has 0 bridgehead atoms. The number of methoxy groups -OCH3 is 1. The molecule has 0 aliphatic carbocycles. The van der Waals surface area contributed by atoms with Crippen molar-refractivity contribution in [3.8, 4) is 5.75 Å². The monoisotopic (exact) mass is 452 g/mol. The Morgan fingerprint density at radius 1 is 0.906 bits per heavy atom. The summed E-state index contributed by atoms with van der Waals surface area (Å²) in [6, 6.07) is 19.4. The molecule has 6 nitrogen and oxygen atoms in total. The molecule has 0 spiro atoms. The summed E-state index contributed by atoms with van der Waals surface area (Å²) < 4.78 is 33.3. The highest BCUT2D eigenvalue weighted by Crippen LogP contribution is 2.27. The number of benzene rings is 3. The number of carbonyl (C=O) groups is 1. The van der Waals surface area contributed by atoms with Crippen molar-refractivity contribution in [3.05, 3.63) is 89.0 Å². The van der Waals surface area contributed by atoms with Gasteiger partial charge in [0.1, 0.15) is 12.3 Å². The van der Waals surface area contributed by atoms with Gasteiger partial charge in [0.2, 0.25) is 5.91 Å². The lowest BCUT2D eigenvalue weighted by Gasteiger charge is -2.26. The zero-order chi connectivity index (χ0) is 23.3. The molecule has 168 valence electrons. The number of hydrogen-bond acceptors (Lipinski definition) is 4. The fourth-order valence-corrected chi connectivity index (χ4v) is 4.84. The molecule has 0 saturated carbocycles. The molecular formula is C25H28N2O4S. The van der Waals surface area contributed by atoms with Crippen LogP contribution in [0.25, 0.3) is 0 Å².